The minimum atomic E-state index is -1.18. The lowest BCUT2D eigenvalue weighted by Crippen LogP contribution is -2.56. The highest BCUT2D eigenvalue weighted by molar-refractivity contribution is 4.95. The SMILES string of the molecule is C[C@H]1OC(CO)[C@@H](O)C(N=[N+]=[N-])[C@@H]1O. The number of aliphatic hydroxyl groups excluding tert-OH is 3. The minimum Gasteiger partial charge on any atom is -0.394 e. The van der Waals surface area contributed by atoms with E-state index in [0.29, 0.717) is 0 Å². The van der Waals surface area contributed by atoms with E-state index in [4.69, 9.17) is 15.4 Å². The molecule has 0 saturated carbocycles. The lowest BCUT2D eigenvalue weighted by atomic mass is 9.94. The normalized spacial score (nSPS) is 43.0. The summed E-state index contributed by atoms with van der Waals surface area (Å²) >= 11 is 0. The van der Waals surface area contributed by atoms with Gasteiger partial charge in [-0.05, 0) is 12.5 Å². The molecule has 1 aliphatic rings. The molecular weight excluding hydrogens is 190 g/mol. The molecule has 0 spiro atoms. The second-order valence-electron chi connectivity index (χ2n) is 3.24. The van der Waals surface area contributed by atoms with Gasteiger partial charge in [-0.25, -0.2) is 0 Å². The molecule has 0 aromatic heterocycles. The molecule has 80 valence electrons. The number of ether oxygens (including phenoxy) is 1. The first-order chi connectivity index (χ1) is 6.61. The Kier molecular flexibility index (Phi) is 3.68. The monoisotopic (exact) mass is 203 g/mol. The molecule has 1 aliphatic heterocycles. The number of azide groups is 1. The summed E-state index contributed by atoms with van der Waals surface area (Å²) in [4.78, 5) is 2.53. The summed E-state index contributed by atoms with van der Waals surface area (Å²) in [7, 11) is 0. The third kappa shape index (κ3) is 1.97. The average Bonchev–Trinajstić information content (AvgIpc) is 2.18. The number of hydrogen-bond acceptors (Lipinski definition) is 5. The van der Waals surface area contributed by atoms with E-state index in [1.807, 2.05) is 0 Å². The van der Waals surface area contributed by atoms with E-state index < -0.39 is 30.5 Å². The summed E-state index contributed by atoms with van der Waals surface area (Å²) in [6.07, 6.45) is -3.62. The van der Waals surface area contributed by atoms with Crippen molar-refractivity contribution in [2.75, 3.05) is 6.61 Å². The highest BCUT2D eigenvalue weighted by Crippen LogP contribution is 2.23. The maximum Gasteiger partial charge on any atom is 0.107 e. The van der Waals surface area contributed by atoms with Crippen LogP contribution in [0.3, 0.4) is 0 Å². The van der Waals surface area contributed by atoms with E-state index in [-0.39, 0.29) is 6.61 Å². The molecule has 0 aliphatic carbocycles. The van der Waals surface area contributed by atoms with Crippen molar-refractivity contribution in [3.63, 3.8) is 0 Å². The van der Waals surface area contributed by atoms with Gasteiger partial charge < -0.3 is 20.1 Å². The van der Waals surface area contributed by atoms with Crippen molar-refractivity contribution in [1.29, 1.82) is 0 Å². The lowest BCUT2D eigenvalue weighted by Gasteiger charge is -2.39. The van der Waals surface area contributed by atoms with Gasteiger partial charge in [0.1, 0.15) is 6.10 Å². The molecule has 5 atom stereocenters. The molecule has 0 aromatic carbocycles. The second kappa shape index (κ2) is 4.59. The number of rotatable bonds is 2. The Bertz CT molecular complexity index is 243. The number of nitrogens with zero attached hydrogens (tertiary/aromatic N) is 3. The van der Waals surface area contributed by atoms with Gasteiger partial charge in [-0.3, -0.25) is 0 Å². The molecule has 1 heterocycles. The van der Waals surface area contributed by atoms with Crippen molar-refractivity contribution in [2.45, 2.75) is 37.4 Å². The highest BCUT2D eigenvalue weighted by Gasteiger charge is 2.41. The second-order valence-corrected chi connectivity index (χ2v) is 3.24. The van der Waals surface area contributed by atoms with E-state index in [9.17, 15) is 10.2 Å². The van der Waals surface area contributed by atoms with Crippen LogP contribution in [-0.2, 0) is 4.74 Å². The van der Waals surface area contributed by atoms with Crippen molar-refractivity contribution in [2.24, 2.45) is 5.11 Å². The van der Waals surface area contributed by atoms with Gasteiger partial charge in [0.2, 0.25) is 0 Å². The Hall–Kier alpha value is -0.850. The van der Waals surface area contributed by atoms with Gasteiger partial charge >= 0.3 is 0 Å². The van der Waals surface area contributed by atoms with Crippen LogP contribution >= 0.6 is 0 Å². The molecule has 7 heteroatoms. The first-order valence-corrected chi connectivity index (χ1v) is 4.28. The fourth-order valence-electron chi connectivity index (χ4n) is 1.48. The summed E-state index contributed by atoms with van der Waals surface area (Å²) in [6.45, 7) is 1.20. The Morgan fingerprint density at radius 1 is 1.43 bits per heavy atom. The van der Waals surface area contributed by atoms with E-state index in [2.05, 4.69) is 10.0 Å². The smallest absolute Gasteiger partial charge is 0.107 e. The summed E-state index contributed by atoms with van der Waals surface area (Å²) in [5.74, 6) is 0. The third-order valence-electron chi connectivity index (χ3n) is 2.32. The van der Waals surface area contributed by atoms with Gasteiger partial charge in [0.25, 0.3) is 0 Å². The zero-order valence-electron chi connectivity index (χ0n) is 7.69. The van der Waals surface area contributed by atoms with E-state index >= 15 is 0 Å². The summed E-state index contributed by atoms with van der Waals surface area (Å²) in [6, 6.07) is -0.971. The van der Waals surface area contributed by atoms with Crippen molar-refractivity contribution < 1.29 is 20.1 Å². The predicted octanol–water partition coefficient (Wildman–Crippen LogP) is -0.833. The maximum absolute atomic E-state index is 9.54. The van der Waals surface area contributed by atoms with Crippen molar-refractivity contribution in [1.82, 2.24) is 0 Å². The van der Waals surface area contributed by atoms with Crippen molar-refractivity contribution in [3.8, 4) is 0 Å². The van der Waals surface area contributed by atoms with Gasteiger partial charge in [0.05, 0.1) is 31.0 Å². The quantitative estimate of drug-likeness (QED) is 0.308. The van der Waals surface area contributed by atoms with Crippen LogP contribution < -0.4 is 0 Å². The molecule has 0 aromatic rings. The fourth-order valence-corrected chi connectivity index (χ4v) is 1.48. The van der Waals surface area contributed by atoms with Crippen LogP contribution in [0.2, 0.25) is 0 Å². The topological polar surface area (TPSA) is 119 Å². The van der Waals surface area contributed by atoms with Crippen molar-refractivity contribution in [3.05, 3.63) is 10.4 Å². The molecule has 0 amide bonds. The van der Waals surface area contributed by atoms with Crippen LogP contribution in [0.4, 0.5) is 0 Å². The maximum atomic E-state index is 9.54. The van der Waals surface area contributed by atoms with Crippen LogP contribution in [0.1, 0.15) is 6.92 Å². The average molecular weight is 203 g/mol. The number of hydrogen-bond donors (Lipinski definition) is 3. The zero-order valence-corrected chi connectivity index (χ0v) is 7.69. The standard InChI is InChI=1S/C7H13N3O4/c1-3-6(12)5(9-10-8)7(13)4(2-11)14-3/h3-7,11-13H,2H2,1H3/t3-,4?,5?,6-,7-/m1/s1. The van der Waals surface area contributed by atoms with Gasteiger partial charge in [-0.1, -0.05) is 5.11 Å². The Morgan fingerprint density at radius 3 is 2.57 bits per heavy atom. The number of aliphatic hydroxyl groups is 3. The Labute approximate surface area is 80.6 Å². The lowest BCUT2D eigenvalue weighted by molar-refractivity contribution is -0.182. The van der Waals surface area contributed by atoms with E-state index in [1.54, 1.807) is 6.92 Å². The van der Waals surface area contributed by atoms with Gasteiger partial charge in [-0.2, -0.15) is 0 Å². The molecule has 3 N–H and O–H groups in total. The summed E-state index contributed by atoms with van der Waals surface area (Å²) in [5.41, 5.74) is 8.23. The first-order valence-electron chi connectivity index (χ1n) is 4.28. The van der Waals surface area contributed by atoms with Crippen molar-refractivity contribution >= 4 is 0 Å². The molecule has 1 rings (SSSR count). The molecule has 2 unspecified atom stereocenters. The Balaban J connectivity index is 2.82. The van der Waals surface area contributed by atoms with Crippen LogP contribution in [0.15, 0.2) is 5.11 Å². The van der Waals surface area contributed by atoms with Gasteiger partial charge in [0, 0.05) is 4.91 Å². The van der Waals surface area contributed by atoms with Crippen LogP contribution in [-0.4, -0.2) is 52.4 Å². The molecule has 14 heavy (non-hydrogen) atoms. The predicted molar refractivity (Wildman–Crippen MR) is 46.4 cm³/mol. The first kappa shape index (κ1) is 11.2. The molecule has 0 radical (unpaired) electrons. The minimum absolute atomic E-state index is 0.379. The molecule has 0 bridgehead atoms. The molecular formula is C7H13N3O4. The summed E-state index contributed by atoms with van der Waals surface area (Å²) < 4.78 is 5.10. The van der Waals surface area contributed by atoms with E-state index in [0.717, 1.165) is 0 Å². The molecule has 7 nitrogen and oxygen atoms in total. The summed E-state index contributed by atoms with van der Waals surface area (Å²) in [5, 5.41) is 31.2. The third-order valence-corrected chi connectivity index (χ3v) is 2.32. The van der Waals surface area contributed by atoms with Crippen LogP contribution in [0, 0.1) is 0 Å². The Morgan fingerprint density at radius 2 is 2.07 bits per heavy atom. The van der Waals surface area contributed by atoms with Crippen LogP contribution in [0.25, 0.3) is 10.4 Å². The highest BCUT2D eigenvalue weighted by atomic mass is 16.5. The largest absolute Gasteiger partial charge is 0.394 e. The van der Waals surface area contributed by atoms with E-state index in [1.165, 1.54) is 0 Å². The fraction of sp³-hybridized carbons (Fsp3) is 1.00. The zero-order chi connectivity index (χ0) is 10.7. The molecule has 1 saturated heterocycles. The van der Waals surface area contributed by atoms with Gasteiger partial charge in [-0.15, -0.1) is 0 Å². The van der Waals surface area contributed by atoms with Crippen LogP contribution in [0.5, 0.6) is 0 Å². The van der Waals surface area contributed by atoms with Gasteiger partial charge in [0.15, 0.2) is 0 Å². The molecule has 1 fully saturated rings.